The standard InChI is InChI=1S/C25H28N2O5/c1-15(24(30)27(13-23(28)29)17-11-12-17)16(2)26-25(31)32-14-22-20-9-5-3-7-18(20)19-8-4-6-10-21(19)22/h3-10,15-17,22H,11-14H2,1-2H3,(H,26,31)(H,28,29). The van der Waals surface area contributed by atoms with Gasteiger partial charge in [-0.2, -0.15) is 0 Å². The number of hydrogen-bond donors (Lipinski definition) is 2. The van der Waals surface area contributed by atoms with E-state index in [1.165, 1.54) is 4.90 Å². The molecule has 2 aliphatic rings. The topological polar surface area (TPSA) is 95.9 Å². The molecule has 0 heterocycles. The quantitative estimate of drug-likeness (QED) is 0.659. The summed E-state index contributed by atoms with van der Waals surface area (Å²) in [7, 11) is 0. The van der Waals surface area contributed by atoms with Crippen LogP contribution in [0, 0.1) is 5.92 Å². The third kappa shape index (κ3) is 4.47. The summed E-state index contributed by atoms with van der Waals surface area (Å²) in [6.45, 7) is 3.32. The number of alkyl carbamates (subject to hydrolysis) is 1. The summed E-state index contributed by atoms with van der Waals surface area (Å²) < 4.78 is 5.56. The monoisotopic (exact) mass is 436 g/mol. The summed E-state index contributed by atoms with van der Waals surface area (Å²) in [4.78, 5) is 37.8. The third-order valence-corrected chi connectivity index (χ3v) is 6.41. The summed E-state index contributed by atoms with van der Waals surface area (Å²) in [6, 6.07) is 15.7. The van der Waals surface area contributed by atoms with Crippen molar-refractivity contribution >= 4 is 18.0 Å². The molecule has 0 spiro atoms. The van der Waals surface area contributed by atoms with Gasteiger partial charge in [-0.25, -0.2) is 4.79 Å². The van der Waals surface area contributed by atoms with Crippen molar-refractivity contribution in [3.8, 4) is 11.1 Å². The highest BCUT2D eigenvalue weighted by atomic mass is 16.5. The van der Waals surface area contributed by atoms with Crippen molar-refractivity contribution in [1.82, 2.24) is 10.2 Å². The van der Waals surface area contributed by atoms with E-state index in [0.29, 0.717) is 0 Å². The number of carbonyl (C=O) groups is 3. The van der Waals surface area contributed by atoms with Gasteiger partial charge in [0.1, 0.15) is 13.2 Å². The number of rotatable bonds is 8. The first-order valence-corrected chi connectivity index (χ1v) is 11.0. The molecule has 4 rings (SSSR count). The van der Waals surface area contributed by atoms with Crippen molar-refractivity contribution in [2.45, 2.75) is 44.7 Å². The molecule has 2 aromatic rings. The number of nitrogens with zero attached hydrogens (tertiary/aromatic N) is 1. The smallest absolute Gasteiger partial charge is 0.407 e. The number of aliphatic carboxylic acids is 1. The fourth-order valence-corrected chi connectivity index (χ4v) is 4.35. The molecule has 2 aromatic carbocycles. The van der Waals surface area contributed by atoms with Crippen molar-refractivity contribution in [1.29, 1.82) is 0 Å². The lowest BCUT2D eigenvalue weighted by molar-refractivity contribution is -0.147. The number of ether oxygens (including phenoxy) is 1. The fraction of sp³-hybridized carbons (Fsp3) is 0.400. The molecule has 2 aliphatic carbocycles. The van der Waals surface area contributed by atoms with E-state index in [2.05, 4.69) is 29.6 Å². The minimum Gasteiger partial charge on any atom is -0.480 e. The van der Waals surface area contributed by atoms with Crippen LogP contribution in [0.15, 0.2) is 48.5 Å². The van der Waals surface area contributed by atoms with E-state index >= 15 is 0 Å². The first-order valence-electron chi connectivity index (χ1n) is 11.0. The zero-order chi connectivity index (χ0) is 22.8. The molecular formula is C25H28N2O5. The van der Waals surface area contributed by atoms with Crippen LogP contribution in [0.2, 0.25) is 0 Å². The Balaban J connectivity index is 1.36. The first kappa shape index (κ1) is 21.9. The van der Waals surface area contributed by atoms with E-state index in [9.17, 15) is 14.4 Å². The Morgan fingerprint density at radius 2 is 1.59 bits per heavy atom. The zero-order valence-electron chi connectivity index (χ0n) is 18.3. The van der Waals surface area contributed by atoms with E-state index in [4.69, 9.17) is 9.84 Å². The molecule has 168 valence electrons. The normalized spacial score (nSPS) is 16.4. The largest absolute Gasteiger partial charge is 0.480 e. The predicted molar refractivity (Wildman–Crippen MR) is 119 cm³/mol. The van der Waals surface area contributed by atoms with Crippen LogP contribution in [0.4, 0.5) is 4.79 Å². The minimum absolute atomic E-state index is 0.0114. The molecule has 0 saturated heterocycles. The van der Waals surface area contributed by atoms with Gasteiger partial charge < -0.3 is 20.1 Å². The number of carboxylic acids is 1. The van der Waals surface area contributed by atoms with E-state index < -0.39 is 24.0 Å². The van der Waals surface area contributed by atoms with Crippen molar-refractivity contribution < 1.29 is 24.2 Å². The minimum atomic E-state index is -1.03. The third-order valence-electron chi connectivity index (χ3n) is 6.41. The number of hydrogen-bond acceptors (Lipinski definition) is 4. The van der Waals surface area contributed by atoms with Gasteiger partial charge in [-0.3, -0.25) is 9.59 Å². The van der Waals surface area contributed by atoms with Crippen LogP contribution in [0.25, 0.3) is 11.1 Å². The number of amides is 2. The van der Waals surface area contributed by atoms with Gasteiger partial charge in [0.2, 0.25) is 5.91 Å². The number of fused-ring (bicyclic) bond motifs is 3. The number of benzene rings is 2. The van der Waals surface area contributed by atoms with Crippen LogP contribution >= 0.6 is 0 Å². The Morgan fingerprint density at radius 1 is 1.03 bits per heavy atom. The van der Waals surface area contributed by atoms with Gasteiger partial charge in [-0.15, -0.1) is 0 Å². The second-order valence-corrected chi connectivity index (χ2v) is 8.64. The average molecular weight is 437 g/mol. The second kappa shape index (κ2) is 9.02. The Kier molecular flexibility index (Phi) is 6.17. The van der Waals surface area contributed by atoms with E-state index in [-0.39, 0.29) is 31.0 Å². The van der Waals surface area contributed by atoms with Crippen LogP contribution in [-0.4, -0.2) is 53.2 Å². The van der Waals surface area contributed by atoms with Crippen LogP contribution < -0.4 is 5.32 Å². The molecule has 7 heteroatoms. The van der Waals surface area contributed by atoms with Gasteiger partial charge in [-0.1, -0.05) is 55.5 Å². The maximum absolute atomic E-state index is 12.8. The zero-order valence-corrected chi connectivity index (χ0v) is 18.3. The average Bonchev–Trinajstić information content (AvgIpc) is 3.57. The van der Waals surface area contributed by atoms with Crippen molar-refractivity contribution in [2.24, 2.45) is 5.92 Å². The van der Waals surface area contributed by atoms with Gasteiger partial charge in [-0.05, 0) is 42.0 Å². The molecule has 2 atom stereocenters. The van der Waals surface area contributed by atoms with E-state index in [0.717, 1.165) is 35.1 Å². The van der Waals surface area contributed by atoms with Gasteiger partial charge in [0.05, 0.1) is 5.92 Å². The van der Waals surface area contributed by atoms with Crippen LogP contribution in [-0.2, 0) is 14.3 Å². The first-order chi connectivity index (χ1) is 15.4. The Labute approximate surface area is 187 Å². The lowest BCUT2D eigenvalue weighted by Gasteiger charge is -2.27. The summed E-state index contributed by atoms with van der Waals surface area (Å²) in [6.07, 6.45) is 1.05. The highest BCUT2D eigenvalue weighted by Crippen LogP contribution is 2.44. The molecule has 7 nitrogen and oxygen atoms in total. The van der Waals surface area contributed by atoms with Crippen molar-refractivity contribution in [3.63, 3.8) is 0 Å². The molecule has 1 saturated carbocycles. The Morgan fingerprint density at radius 3 is 2.12 bits per heavy atom. The summed E-state index contributed by atoms with van der Waals surface area (Å²) >= 11 is 0. The maximum Gasteiger partial charge on any atom is 0.407 e. The molecule has 32 heavy (non-hydrogen) atoms. The van der Waals surface area contributed by atoms with Crippen LogP contribution in [0.1, 0.15) is 43.7 Å². The fourth-order valence-electron chi connectivity index (χ4n) is 4.35. The van der Waals surface area contributed by atoms with Crippen molar-refractivity contribution in [3.05, 3.63) is 59.7 Å². The van der Waals surface area contributed by atoms with Crippen LogP contribution in [0.3, 0.4) is 0 Å². The summed E-state index contributed by atoms with van der Waals surface area (Å²) in [5, 5.41) is 11.8. The van der Waals surface area contributed by atoms with Crippen LogP contribution in [0.5, 0.6) is 0 Å². The molecule has 0 radical (unpaired) electrons. The number of carbonyl (C=O) groups excluding carboxylic acids is 2. The molecule has 0 aromatic heterocycles. The molecule has 2 amide bonds. The maximum atomic E-state index is 12.8. The molecule has 0 bridgehead atoms. The van der Waals surface area contributed by atoms with E-state index in [1.54, 1.807) is 13.8 Å². The predicted octanol–water partition coefficient (Wildman–Crippen LogP) is 3.63. The Hall–Kier alpha value is -3.35. The highest BCUT2D eigenvalue weighted by molar-refractivity contribution is 5.84. The lowest BCUT2D eigenvalue weighted by Crippen LogP contribution is -2.48. The van der Waals surface area contributed by atoms with Gasteiger partial charge in [0, 0.05) is 18.0 Å². The molecule has 0 aliphatic heterocycles. The second-order valence-electron chi connectivity index (χ2n) is 8.64. The van der Waals surface area contributed by atoms with Crippen molar-refractivity contribution in [2.75, 3.05) is 13.2 Å². The highest BCUT2D eigenvalue weighted by Gasteiger charge is 2.37. The van der Waals surface area contributed by atoms with Gasteiger partial charge in [0.25, 0.3) is 0 Å². The molecular weight excluding hydrogens is 408 g/mol. The number of carboxylic acid groups (broad SMARTS) is 1. The molecule has 2 unspecified atom stereocenters. The lowest BCUT2D eigenvalue weighted by atomic mass is 9.98. The number of nitrogens with one attached hydrogen (secondary N) is 1. The SMILES string of the molecule is CC(NC(=O)OCC1c2ccccc2-c2ccccc21)C(C)C(=O)N(CC(=O)O)C1CC1. The summed E-state index contributed by atoms with van der Waals surface area (Å²) in [5.41, 5.74) is 4.57. The van der Waals surface area contributed by atoms with Gasteiger partial charge >= 0.3 is 12.1 Å². The molecule has 2 N–H and O–H groups in total. The van der Waals surface area contributed by atoms with Gasteiger partial charge in [0.15, 0.2) is 0 Å². The van der Waals surface area contributed by atoms with E-state index in [1.807, 2.05) is 24.3 Å². The molecule has 1 fully saturated rings. The summed E-state index contributed by atoms with van der Waals surface area (Å²) in [5.74, 6) is -1.89. The Bertz CT molecular complexity index is 987.